The first kappa shape index (κ1) is 16.2. The van der Waals surface area contributed by atoms with Crippen LogP contribution in [-0.2, 0) is 22.4 Å². The molecule has 2 aliphatic rings. The molecule has 1 saturated heterocycles. The van der Waals surface area contributed by atoms with Gasteiger partial charge in [-0.15, -0.1) is 0 Å². The number of hydrogen-bond donors (Lipinski definition) is 1. The van der Waals surface area contributed by atoms with Gasteiger partial charge in [-0.1, -0.05) is 42.5 Å². The molecule has 0 aromatic heterocycles. The number of halogens is 1. The number of rotatable bonds is 2. The van der Waals surface area contributed by atoms with Crippen molar-refractivity contribution in [3.8, 4) is 0 Å². The van der Waals surface area contributed by atoms with Gasteiger partial charge in [-0.25, -0.2) is 4.39 Å². The number of amides is 1. The highest BCUT2D eigenvalue weighted by Gasteiger charge is 2.43. The number of carbonyl (C=O) groups is 1. The van der Waals surface area contributed by atoms with E-state index in [2.05, 4.69) is 0 Å². The predicted octanol–water partition coefficient (Wildman–Crippen LogP) is 2.22. The van der Waals surface area contributed by atoms with Crippen LogP contribution in [0.2, 0.25) is 0 Å². The Morgan fingerprint density at radius 1 is 1.12 bits per heavy atom. The topological polar surface area (TPSA) is 55.6 Å². The van der Waals surface area contributed by atoms with Crippen molar-refractivity contribution in [3.63, 3.8) is 0 Å². The van der Waals surface area contributed by atoms with E-state index in [0.717, 1.165) is 11.1 Å². The first-order chi connectivity index (χ1) is 12.1. The number of nitrogens with zero attached hydrogens (tertiary/aromatic N) is 1. The van der Waals surface area contributed by atoms with Crippen molar-refractivity contribution < 1.29 is 13.9 Å². The fourth-order valence-corrected chi connectivity index (χ4v) is 3.87. The van der Waals surface area contributed by atoms with E-state index in [1.165, 1.54) is 6.07 Å². The van der Waals surface area contributed by atoms with Crippen molar-refractivity contribution in [2.24, 2.45) is 5.73 Å². The third-order valence-electron chi connectivity index (χ3n) is 5.16. The third kappa shape index (κ3) is 2.94. The van der Waals surface area contributed by atoms with E-state index in [1.807, 2.05) is 24.3 Å². The van der Waals surface area contributed by atoms with Gasteiger partial charge in [-0.3, -0.25) is 4.79 Å². The van der Waals surface area contributed by atoms with Crippen LogP contribution in [0.1, 0.15) is 22.8 Å². The lowest BCUT2D eigenvalue weighted by atomic mass is 9.94. The first-order valence-electron chi connectivity index (χ1n) is 8.58. The molecule has 1 atom stereocenters. The van der Waals surface area contributed by atoms with Crippen molar-refractivity contribution in [1.29, 1.82) is 0 Å². The summed E-state index contributed by atoms with van der Waals surface area (Å²) in [6.45, 7) is 1.20. The molecule has 0 spiro atoms. The lowest BCUT2D eigenvalue weighted by Crippen LogP contribution is -2.58. The molecule has 4 rings (SSSR count). The van der Waals surface area contributed by atoms with Gasteiger partial charge in [0.15, 0.2) is 0 Å². The second-order valence-corrected chi connectivity index (χ2v) is 6.91. The molecule has 4 nitrogen and oxygen atoms in total. The van der Waals surface area contributed by atoms with E-state index in [-0.39, 0.29) is 11.7 Å². The molecule has 5 heteroatoms. The van der Waals surface area contributed by atoms with E-state index >= 15 is 0 Å². The largest absolute Gasteiger partial charge is 0.370 e. The minimum Gasteiger partial charge on any atom is -0.370 e. The highest BCUT2D eigenvalue weighted by Crippen LogP contribution is 2.32. The van der Waals surface area contributed by atoms with Crippen LogP contribution in [0.4, 0.5) is 4.39 Å². The Kier molecular flexibility index (Phi) is 4.06. The van der Waals surface area contributed by atoms with Crippen molar-refractivity contribution in [2.75, 3.05) is 19.7 Å². The summed E-state index contributed by atoms with van der Waals surface area (Å²) in [6.07, 6.45) is 0.638. The zero-order valence-electron chi connectivity index (χ0n) is 14.0. The van der Waals surface area contributed by atoms with Gasteiger partial charge < -0.3 is 15.4 Å². The average Bonchev–Trinajstić information content (AvgIpc) is 2.99. The number of fused-ring (bicyclic) bond motifs is 1. The molecule has 1 amide bonds. The molecule has 0 radical (unpaired) electrons. The zero-order valence-corrected chi connectivity index (χ0v) is 14.0. The Labute approximate surface area is 146 Å². The van der Waals surface area contributed by atoms with E-state index in [9.17, 15) is 9.18 Å². The summed E-state index contributed by atoms with van der Waals surface area (Å²) in [6, 6.07) is 14.5. The molecule has 2 aromatic rings. The summed E-state index contributed by atoms with van der Waals surface area (Å²) >= 11 is 0. The third-order valence-corrected chi connectivity index (χ3v) is 5.16. The Balaban J connectivity index is 1.52. The maximum atomic E-state index is 14.0. The molecule has 1 fully saturated rings. The standard InChI is InChI=1S/C20H21FN2O2/c21-17-8-4-3-7-16(17)18-13-23(9-10-25-18)19(24)20(22)11-14-5-1-2-6-15(14)12-20/h1-8,18H,9-13,22H2/t18-/m0/s1. The molecule has 2 aromatic carbocycles. The summed E-state index contributed by atoms with van der Waals surface area (Å²) in [5.74, 6) is -0.383. The van der Waals surface area contributed by atoms with Gasteiger partial charge in [-0.05, 0) is 30.0 Å². The number of benzene rings is 2. The molecule has 1 aliphatic heterocycles. The second-order valence-electron chi connectivity index (χ2n) is 6.91. The van der Waals surface area contributed by atoms with Crippen LogP contribution >= 0.6 is 0 Å². The maximum absolute atomic E-state index is 14.0. The van der Waals surface area contributed by atoms with Crippen LogP contribution in [0.15, 0.2) is 48.5 Å². The Morgan fingerprint density at radius 2 is 1.76 bits per heavy atom. The molecule has 2 N–H and O–H groups in total. The Morgan fingerprint density at radius 3 is 2.44 bits per heavy atom. The molecule has 0 bridgehead atoms. The molecule has 1 aliphatic carbocycles. The van der Waals surface area contributed by atoms with Gasteiger partial charge >= 0.3 is 0 Å². The van der Waals surface area contributed by atoms with Gasteiger partial charge in [0.05, 0.1) is 13.2 Å². The van der Waals surface area contributed by atoms with E-state index in [4.69, 9.17) is 10.5 Å². The second kappa shape index (κ2) is 6.24. The Bertz CT molecular complexity index is 783. The van der Waals surface area contributed by atoms with Crippen LogP contribution in [0.3, 0.4) is 0 Å². The average molecular weight is 340 g/mol. The van der Waals surface area contributed by atoms with Crippen molar-refractivity contribution in [1.82, 2.24) is 4.90 Å². The van der Waals surface area contributed by atoms with Gasteiger partial charge in [0.25, 0.3) is 0 Å². The fourth-order valence-electron chi connectivity index (χ4n) is 3.87. The van der Waals surface area contributed by atoms with Crippen LogP contribution in [-0.4, -0.2) is 36.0 Å². The number of nitrogens with two attached hydrogens (primary N) is 1. The fraction of sp³-hybridized carbons (Fsp3) is 0.350. The van der Waals surface area contributed by atoms with Gasteiger partial charge in [0.2, 0.25) is 5.91 Å². The van der Waals surface area contributed by atoms with Crippen molar-refractivity contribution in [3.05, 3.63) is 71.0 Å². The SMILES string of the molecule is NC1(C(=O)N2CCO[C@H](c3ccccc3F)C2)Cc2ccccc2C1. The van der Waals surface area contributed by atoms with E-state index < -0.39 is 11.6 Å². The molecule has 1 heterocycles. The van der Waals surface area contributed by atoms with Crippen LogP contribution in [0, 0.1) is 5.82 Å². The lowest BCUT2D eigenvalue weighted by Gasteiger charge is -2.37. The molecule has 0 saturated carbocycles. The molecule has 0 unspecified atom stereocenters. The zero-order chi connectivity index (χ0) is 17.4. The maximum Gasteiger partial charge on any atom is 0.243 e. The smallest absolute Gasteiger partial charge is 0.243 e. The summed E-state index contributed by atoms with van der Waals surface area (Å²) < 4.78 is 19.8. The summed E-state index contributed by atoms with van der Waals surface area (Å²) in [5, 5.41) is 0. The quantitative estimate of drug-likeness (QED) is 0.912. The Hall–Kier alpha value is -2.24. The van der Waals surface area contributed by atoms with Crippen LogP contribution in [0.25, 0.3) is 0 Å². The summed E-state index contributed by atoms with van der Waals surface area (Å²) in [4.78, 5) is 14.8. The van der Waals surface area contributed by atoms with Crippen molar-refractivity contribution in [2.45, 2.75) is 24.5 Å². The minimum atomic E-state index is -0.916. The molecule has 130 valence electrons. The van der Waals surface area contributed by atoms with E-state index in [1.54, 1.807) is 23.1 Å². The minimum absolute atomic E-state index is 0.0756. The van der Waals surface area contributed by atoms with Gasteiger partial charge in [0.1, 0.15) is 17.5 Å². The van der Waals surface area contributed by atoms with Crippen molar-refractivity contribution >= 4 is 5.91 Å². The molecular weight excluding hydrogens is 319 g/mol. The number of morpholine rings is 1. The highest BCUT2D eigenvalue weighted by molar-refractivity contribution is 5.88. The first-order valence-corrected chi connectivity index (χ1v) is 8.58. The van der Waals surface area contributed by atoms with Crippen LogP contribution in [0.5, 0.6) is 0 Å². The number of ether oxygens (including phenoxy) is 1. The van der Waals surface area contributed by atoms with Gasteiger partial charge in [-0.2, -0.15) is 0 Å². The van der Waals surface area contributed by atoms with E-state index in [0.29, 0.717) is 38.1 Å². The summed E-state index contributed by atoms with van der Waals surface area (Å²) in [5.41, 5.74) is 8.34. The normalized spacial score (nSPS) is 21.8. The summed E-state index contributed by atoms with van der Waals surface area (Å²) in [7, 11) is 0. The molecular formula is C20H21FN2O2. The predicted molar refractivity (Wildman–Crippen MR) is 92.4 cm³/mol. The number of hydrogen-bond acceptors (Lipinski definition) is 3. The highest BCUT2D eigenvalue weighted by atomic mass is 19.1. The van der Waals surface area contributed by atoms with Crippen LogP contribution < -0.4 is 5.73 Å². The number of carbonyl (C=O) groups excluding carboxylic acids is 1. The molecule has 25 heavy (non-hydrogen) atoms. The van der Waals surface area contributed by atoms with Gasteiger partial charge in [0, 0.05) is 12.1 Å². The lowest BCUT2D eigenvalue weighted by molar-refractivity contribution is -0.144. The monoisotopic (exact) mass is 340 g/mol.